The number of alkyl halides is 3. The maximum Gasteiger partial charge on any atom is 0.416 e. The van der Waals surface area contributed by atoms with Crippen LogP contribution in [0.4, 0.5) is 24.5 Å². The van der Waals surface area contributed by atoms with E-state index in [1.807, 2.05) is 12.1 Å². The molecule has 0 aromatic heterocycles. The number of anilines is 2. The summed E-state index contributed by atoms with van der Waals surface area (Å²) in [6.45, 7) is 0. The summed E-state index contributed by atoms with van der Waals surface area (Å²) in [5.74, 6) is 0. The van der Waals surface area contributed by atoms with Crippen LogP contribution in [0.3, 0.4) is 0 Å². The molecule has 2 aromatic carbocycles. The van der Waals surface area contributed by atoms with E-state index >= 15 is 0 Å². The second kappa shape index (κ2) is 5.02. The first-order valence-electron chi connectivity index (χ1n) is 5.15. The lowest BCUT2D eigenvalue weighted by Crippen LogP contribution is -2.05. The van der Waals surface area contributed by atoms with E-state index in [1.54, 1.807) is 18.2 Å². The maximum atomic E-state index is 12.5. The van der Waals surface area contributed by atoms with Gasteiger partial charge in [-0.1, -0.05) is 18.2 Å². The lowest BCUT2D eigenvalue weighted by atomic mass is 10.2. The molecule has 0 radical (unpaired) electrons. The molecule has 2 rings (SSSR count). The van der Waals surface area contributed by atoms with Gasteiger partial charge in [-0.05, 0) is 46.3 Å². The average molecular weight is 316 g/mol. The fourth-order valence-corrected chi connectivity index (χ4v) is 1.88. The van der Waals surface area contributed by atoms with Gasteiger partial charge in [0.15, 0.2) is 0 Å². The molecule has 18 heavy (non-hydrogen) atoms. The highest BCUT2D eigenvalue weighted by molar-refractivity contribution is 9.10. The minimum atomic E-state index is -4.33. The Hall–Kier alpha value is -1.49. The van der Waals surface area contributed by atoms with Gasteiger partial charge in [-0.2, -0.15) is 13.2 Å². The van der Waals surface area contributed by atoms with Crippen molar-refractivity contribution in [2.75, 3.05) is 5.32 Å². The van der Waals surface area contributed by atoms with Crippen molar-refractivity contribution < 1.29 is 13.2 Å². The van der Waals surface area contributed by atoms with Gasteiger partial charge in [0.25, 0.3) is 0 Å². The van der Waals surface area contributed by atoms with E-state index in [0.29, 0.717) is 5.69 Å². The summed E-state index contributed by atoms with van der Waals surface area (Å²) in [5.41, 5.74) is 0.452. The molecule has 0 atom stereocenters. The van der Waals surface area contributed by atoms with Crippen molar-refractivity contribution >= 4 is 27.3 Å². The molecular formula is C13H9BrF3N. The van der Waals surface area contributed by atoms with Crippen molar-refractivity contribution in [3.05, 3.63) is 58.6 Å². The van der Waals surface area contributed by atoms with E-state index < -0.39 is 11.7 Å². The number of nitrogens with one attached hydrogen (secondary N) is 1. The second-order valence-corrected chi connectivity index (χ2v) is 4.54. The molecule has 0 fully saturated rings. The van der Waals surface area contributed by atoms with E-state index in [4.69, 9.17) is 0 Å². The molecule has 5 heteroatoms. The van der Waals surface area contributed by atoms with Gasteiger partial charge in [0, 0.05) is 10.2 Å². The van der Waals surface area contributed by atoms with Crippen LogP contribution in [0, 0.1) is 0 Å². The second-order valence-electron chi connectivity index (χ2n) is 3.68. The topological polar surface area (TPSA) is 12.0 Å². The van der Waals surface area contributed by atoms with E-state index in [0.717, 1.165) is 22.3 Å². The summed E-state index contributed by atoms with van der Waals surface area (Å²) < 4.78 is 38.4. The first-order valence-corrected chi connectivity index (χ1v) is 5.95. The highest BCUT2D eigenvalue weighted by Gasteiger charge is 2.30. The molecule has 0 aliphatic rings. The molecule has 94 valence electrons. The van der Waals surface area contributed by atoms with Crippen molar-refractivity contribution in [2.24, 2.45) is 0 Å². The van der Waals surface area contributed by atoms with Crippen molar-refractivity contribution in [2.45, 2.75) is 6.18 Å². The van der Waals surface area contributed by atoms with Crippen LogP contribution in [-0.4, -0.2) is 0 Å². The molecular weight excluding hydrogens is 307 g/mol. The lowest BCUT2D eigenvalue weighted by molar-refractivity contribution is -0.137. The van der Waals surface area contributed by atoms with Crippen LogP contribution < -0.4 is 5.32 Å². The van der Waals surface area contributed by atoms with Crippen LogP contribution in [-0.2, 0) is 6.18 Å². The zero-order valence-electron chi connectivity index (χ0n) is 9.13. The van der Waals surface area contributed by atoms with Gasteiger partial charge in [0.1, 0.15) is 0 Å². The van der Waals surface area contributed by atoms with Gasteiger partial charge < -0.3 is 5.32 Å². The summed E-state index contributed by atoms with van der Waals surface area (Å²) in [5, 5.41) is 2.94. The lowest BCUT2D eigenvalue weighted by Gasteiger charge is -2.11. The standard InChI is InChI=1S/C13H9BrF3N/c14-11-6-1-2-7-12(11)18-10-5-3-4-9(8-10)13(15,16)17/h1-8,18H. The van der Waals surface area contributed by atoms with Crippen molar-refractivity contribution in [1.29, 1.82) is 0 Å². The Morgan fingerprint density at radius 3 is 2.33 bits per heavy atom. The number of halogens is 4. The molecule has 2 aromatic rings. The molecule has 0 amide bonds. The Labute approximate surface area is 111 Å². The van der Waals surface area contributed by atoms with Gasteiger partial charge >= 0.3 is 6.18 Å². The van der Waals surface area contributed by atoms with E-state index in [2.05, 4.69) is 21.2 Å². The quantitative estimate of drug-likeness (QED) is 0.802. The smallest absolute Gasteiger partial charge is 0.355 e. The third kappa shape index (κ3) is 3.04. The zero-order valence-corrected chi connectivity index (χ0v) is 10.7. The molecule has 0 saturated carbocycles. The Balaban J connectivity index is 2.28. The largest absolute Gasteiger partial charge is 0.416 e. The maximum absolute atomic E-state index is 12.5. The number of rotatable bonds is 2. The van der Waals surface area contributed by atoms with Gasteiger partial charge in [-0.25, -0.2) is 0 Å². The minimum absolute atomic E-state index is 0.400. The van der Waals surface area contributed by atoms with Gasteiger partial charge in [-0.3, -0.25) is 0 Å². The molecule has 0 bridgehead atoms. The predicted octanol–water partition coefficient (Wildman–Crippen LogP) is 5.21. The summed E-state index contributed by atoms with van der Waals surface area (Å²) >= 11 is 3.33. The third-order valence-electron chi connectivity index (χ3n) is 2.34. The molecule has 1 nitrogen and oxygen atoms in total. The first kappa shape index (κ1) is 13.0. The normalized spacial score (nSPS) is 11.3. The summed E-state index contributed by atoms with van der Waals surface area (Å²) in [4.78, 5) is 0. The van der Waals surface area contributed by atoms with Crippen LogP contribution in [0.5, 0.6) is 0 Å². The zero-order chi connectivity index (χ0) is 13.2. The Kier molecular flexibility index (Phi) is 3.61. The summed E-state index contributed by atoms with van der Waals surface area (Å²) in [7, 11) is 0. The molecule has 0 aliphatic heterocycles. The first-order chi connectivity index (χ1) is 8.47. The Morgan fingerprint density at radius 2 is 1.67 bits per heavy atom. The molecule has 0 saturated heterocycles. The molecule has 1 N–H and O–H groups in total. The molecule has 0 unspecified atom stereocenters. The SMILES string of the molecule is FC(F)(F)c1cccc(Nc2ccccc2Br)c1. The summed E-state index contributed by atoms with van der Waals surface area (Å²) in [6, 6.07) is 12.3. The number of benzene rings is 2. The highest BCUT2D eigenvalue weighted by Crippen LogP contribution is 2.32. The monoisotopic (exact) mass is 315 g/mol. The third-order valence-corrected chi connectivity index (χ3v) is 3.03. The van der Waals surface area contributed by atoms with Gasteiger partial charge in [0.2, 0.25) is 0 Å². The number of hydrogen-bond donors (Lipinski definition) is 1. The molecule has 0 heterocycles. The Bertz CT molecular complexity index is 552. The van der Waals surface area contributed by atoms with Gasteiger partial charge in [0.05, 0.1) is 11.3 Å². The van der Waals surface area contributed by atoms with E-state index in [9.17, 15) is 13.2 Å². The average Bonchev–Trinajstić information content (AvgIpc) is 2.31. The van der Waals surface area contributed by atoms with Crippen molar-refractivity contribution in [3.63, 3.8) is 0 Å². The fraction of sp³-hybridized carbons (Fsp3) is 0.0769. The number of para-hydroxylation sites is 1. The van der Waals surface area contributed by atoms with E-state index in [1.165, 1.54) is 6.07 Å². The minimum Gasteiger partial charge on any atom is -0.355 e. The van der Waals surface area contributed by atoms with Crippen LogP contribution in [0.1, 0.15) is 5.56 Å². The summed E-state index contributed by atoms with van der Waals surface area (Å²) in [6.07, 6.45) is -4.33. The molecule has 0 spiro atoms. The fourth-order valence-electron chi connectivity index (χ4n) is 1.49. The van der Waals surface area contributed by atoms with Crippen LogP contribution in [0.25, 0.3) is 0 Å². The van der Waals surface area contributed by atoms with Crippen molar-refractivity contribution in [3.8, 4) is 0 Å². The van der Waals surface area contributed by atoms with Crippen LogP contribution in [0.2, 0.25) is 0 Å². The predicted molar refractivity (Wildman–Crippen MR) is 68.9 cm³/mol. The van der Waals surface area contributed by atoms with Gasteiger partial charge in [-0.15, -0.1) is 0 Å². The highest BCUT2D eigenvalue weighted by atomic mass is 79.9. The van der Waals surface area contributed by atoms with Crippen molar-refractivity contribution in [1.82, 2.24) is 0 Å². The Morgan fingerprint density at radius 1 is 0.944 bits per heavy atom. The molecule has 0 aliphatic carbocycles. The van der Waals surface area contributed by atoms with Crippen LogP contribution >= 0.6 is 15.9 Å². The van der Waals surface area contributed by atoms with E-state index in [-0.39, 0.29) is 0 Å². The number of hydrogen-bond acceptors (Lipinski definition) is 1. The van der Waals surface area contributed by atoms with Crippen LogP contribution in [0.15, 0.2) is 53.0 Å².